The number of carbonyl (C=O) groups is 1. The van der Waals surface area contributed by atoms with E-state index in [2.05, 4.69) is 10.5 Å². The highest BCUT2D eigenvalue weighted by Crippen LogP contribution is 2.40. The Balaban J connectivity index is 1.82. The summed E-state index contributed by atoms with van der Waals surface area (Å²) in [5.74, 6) is 1.41. The first-order chi connectivity index (χ1) is 8.74. The molecule has 1 unspecified atom stereocenters. The second-order valence-electron chi connectivity index (χ2n) is 4.89. The molecule has 1 aromatic rings. The number of hydrogen-bond acceptors (Lipinski definition) is 4. The van der Waals surface area contributed by atoms with Crippen LogP contribution < -0.4 is 5.32 Å². The minimum absolute atomic E-state index is 0.157. The Bertz CT molecular complexity index is 399. The lowest BCUT2D eigenvalue weighted by molar-refractivity contribution is 0.0934. The van der Waals surface area contributed by atoms with Gasteiger partial charge in [-0.05, 0) is 25.2 Å². The maximum atomic E-state index is 11.8. The van der Waals surface area contributed by atoms with Crippen molar-refractivity contribution in [3.05, 3.63) is 17.5 Å². The van der Waals surface area contributed by atoms with Crippen molar-refractivity contribution in [1.29, 1.82) is 0 Å². The fraction of sp³-hybridized carbons (Fsp3) is 0.692. The van der Waals surface area contributed by atoms with Crippen molar-refractivity contribution in [1.82, 2.24) is 10.5 Å². The van der Waals surface area contributed by atoms with E-state index in [0.29, 0.717) is 30.5 Å². The van der Waals surface area contributed by atoms with Crippen LogP contribution in [-0.2, 0) is 0 Å². The molecule has 1 aliphatic carbocycles. The van der Waals surface area contributed by atoms with Gasteiger partial charge in [-0.2, -0.15) is 0 Å². The maximum Gasteiger partial charge on any atom is 0.273 e. The van der Waals surface area contributed by atoms with Crippen molar-refractivity contribution in [3.63, 3.8) is 0 Å². The summed E-state index contributed by atoms with van der Waals surface area (Å²) in [6.45, 7) is 2.78. The zero-order valence-corrected chi connectivity index (χ0v) is 10.7. The quantitative estimate of drug-likeness (QED) is 0.774. The molecule has 1 aromatic heterocycles. The van der Waals surface area contributed by atoms with Gasteiger partial charge in [0.05, 0.1) is 0 Å². The van der Waals surface area contributed by atoms with Crippen molar-refractivity contribution in [3.8, 4) is 0 Å². The van der Waals surface area contributed by atoms with Gasteiger partial charge in [0.2, 0.25) is 0 Å². The molecule has 100 valence electrons. The Hall–Kier alpha value is -1.36. The van der Waals surface area contributed by atoms with E-state index in [4.69, 9.17) is 9.63 Å². The molecule has 1 atom stereocenters. The van der Waals surface area contributed by atoms with E-state index in [0.717, 1.165) is 25.0 Å². The molecule has 18 heavy (non-hydrogen) atoms. The Kier molecular flexibility index (Phi) is 4.36. The van der Waals surface area contributed by atoms with E-state index in [1.54, 1.807) is 6.07 Å². The first-order valence-electron chi connectivity index (χ1n) is 6.60. The van der Waals surface area contributed by atoms with Gasteiger partial charge in [-0.25, -0.2) is 0 Å². The Morgan fingerprint density at radius 2 is 2.44 bits per heavy atom. The van der Waals surface area contributed by atoms with Crippen molar-refractivity contribution in [2.75, 3.05) is 13.2 Å². The summed E-state index contributed by atoms with van der Waals surface area (Å²) in [5, 5.41) is 15.5. The van der Waals surface area contributed by atoms with Crippen LogP contribution >= 0.6 is 0 Å². The van der Waals surface area contributed by atoms with Crippen LogP contribution in [0, 0.1) is 5.92 Å². The Labute approximate surface area is 107 Å². The minimum Gasteiger partial charge on any atom is -0.396 e. The molecule has 0 aliphatic heterocycles. The van der Waals surface area contributed by atoms with Crippen LogP contribution in [0.25, 0.3) is 0 Å². The zero-order chi connectivity index (χ0) is 13.0. The topological polar surface area (TPSA) is 75.4 Å². The smallest absolute Gasteiger partial charge is 0.273 e. The number of nitrogens with one attached hydrogen (secondary N) is 1. The summed E-state index contributed by atoms with van der Waals surface area (Å²) in [4.78, 5) is 11.8. The molecular formula is C13H20N2O3. The van der Waals surface area contributed by atoms with Gasteiger partial charge >= 0.3 is 0 Å². The van der Waals surface area contributed by atoms with Crippen molar-refractivity contribution < 1.29 is 14.4 Å². The molecule has 0 saturated heterocycles. The number of carbonyl (C=O) groups excluding carboxylic acids is 1. The molecule has 2 N–H and O–H groups in total. The second-order valence-corrected chi connectivity index (χ2v) is 4.89. The van der Waals surface area contributed by atoms with E-state index >= 15 is 0 Å². The van der Waals surface area contributed by atoms with Gasteiger partial charge in [-0.15, -0.1) is 0 Å². The highest BCUT2D eigenvalue weighted by Gasteiger charge is 2.28. The molecule has 1 fully saturated rings. The summed E-state index contributed by atoms with van der Waals surface area (Å²) >= 11 is 0. The molecule has 0 bridgehead atoms. The molecule has 0 aromatic carbocycles. The lowest BCUT2D eigenvalue weighted by Gasteiger charge is -2.13. The first-order valence-corrected chi connectivity index (χ1v) is 6.60. The number of aromatic nitrogens is 1. The second kappa shape index (κ2) is 6.00. The van der Waals surface area contributed by atoms with E-state index < -0.39 is 0 Å². The molecule has 5 nitrogen and oxygen atoms in total. The molecule has 2 rings (SSSR count). The predicted molar refractivity (Wildman–Crippen MR) is 66.3 cm³/mol. The lowest BCUT2D eigenvalue weighted by Crippen LogP contribution is -2.29. The van der Waals surface area contributed by atoms with Gasteiger partial charge in [-0.3, -0.25) is 4.79 Å². The lowest BCUT2D eigenvalue weighted by atomic mass is 10.0. The minimum atomic E-state index is -0.193. The molecule has 1 amide bonds. The number of amides is 1. The van der Waals surface area contributed by atoms with E-state index in [9.17, 15) is 4.79 Å². The monoisotopic (exact) mass is 252 g/mol. The van der Waals surface area contributed by atoms with Gasteiger partial charge in [0.15, 0.2) is 5.69 Å². The average Bonchev–Trinajstić information content (AvgIpc) is 3.12. The van der Waals surface area contributed by atoms with Crippen molar-refractivity contribution in [2.45, 2.75) is 38.5 Å². The summed E-state index contributed by atoms with van der Waals surface area (Å²) in [6, 6.07) is 1.74. The van der Waals surface area contributed by atoms with Crippen LogP contribution in [-0.4, -0.2) is 29.3 Å². The molecular weight excluding hydrogens is 232 g/mol. The van der Waals surface area contributed by atoms with E-state index in [1.165, 1.54) is 0 Å². The highest BCUT2D eigenvalue weighted by molar-refractivity contribution is 5.92. The van der Waals surface area contributed by atoms with Crippen LogP contribution in [0.4, 0.5) is 0 Å². The van der Waals surface area contributed by atoms with Gasteiger partial charge in [-0.1, -0.05) is 18.5 Å². The summed E-state index contributed by atoms with van der Waals surface area (Å²) in [7, 11) is 0. The summed E-state index contributed by atoms with van der Waals surface area (Å²) in [6.07, 6.45) is 3.91. The largest absolute Gasteiger partial charge is 0.396 e. The van der Waals surface area contributed by atoms with E-state index in [1.807, 2.05) is 6.92 Å². The number of aliphatic hydroxyl groups is 1. The molecule has 1 aliphatic rings. The number of hydrogen-bond donors (Lipinski definition) is 2. The van der Waals surface area contributed by atoms with Crippen LogP contribution in [0.3, 0.4) is 0 Å². The van der Waals surface area contributed by atoms with Gasteiger partial charge < -0.3 is 14.9 Å². The summed E-state index contributed by atoms with van der Waals surface area (Å²) < 4.78 is 5.14. The number of nitrogens with zero attached hydrogens (tertiary/aromatic N) is 1. The van der Waals surface area contributed by atoms with Gasteiger partial charge in [0.1, 0.15) is 5.76 Å². The highest BCUT2D eigenvalue weighted by atomic mass is 16.5. The van der Waals surface area contributed by atoms with Gasteiger partial charge in [0.25, 0.3) is 5.91 Å². The third-order valence-corrected chi connectivity index (χ3v) is 3.41. The predicted octanol–water partition coefficient (Wildman–Crippen LogP) is 1.69. The average molecular weight is 252 g/mol. The molecule has 0 spiro atoms. The molecule has 5 heteroatoms. The maximum absolute atomic E-state index is 11.8. The van der Waals surface area contributed by atoms with Gasteiger partial charge in [0, 0.05) is 25.1 Å². The molecule has 1 saturated carbocycles. The number of rotatable bonds is 7. The Morgan fingerprint density at radius 3 is 3.06 bits per heavy atom. The van der Waals surface area contributed by atoms with E-state index in [-0.39, 0.29) is 12.5 Å². The Morgan fingerprint density at radius 1 is 1.67 bits per heavy atom. The third-order valence-electron chi connectivity index (χ3n) is 3.41. The fourth-order valence-corrected chi connectivity index (χ4v) is 1.92. The molecule has 0 radical (unpaired) electrons. The first kappa shape index (κ1) is 13.1. The third kappa shape index (κ3) is 3.32. The SMILES string of the molecule is CCC(CCO)CNC(=O)c1cc(C2CC2)on1. The zero-order valence-electron chi connectivity index (χ0n) is 10.7. The number of aliphatic hydroxyl groups excluding tert-OH is 1. The van der Waals surface area contributed by atoms with Crippen molar-refractivity contribution >= 4 is 5.91 Å². The summed E-state index contributed by atoms with van der Waals surface area (Å²) in [5.41, 5.74) is 0.357. The van der Waals surface area contributed by atoms with Crippen LogP contribution in [0.15, 0.2) is 10.6 Å². The normalized spacial score (nSPS) is 16.6. The van der Waals surface area contributed by atoms with Crippen LogP contribution in [0.5, 0.6) is 0 Å². The van der Waals surface area contributed by atoms with Crippen LogP contribution in [0.2, 0.25) is 0 Å². The van der Waals surface area contributed by atoms with Crippen molar-refractivity contribution in [2.24, 2.45) is 5.92 Å². The standard InChI is InChI=1S/C13H20N2O3/c1-2-9(5-6-16)8-14-13(17)11-7-12(18-15-11)10-3-4-10/h7,9-10,16H,2-6,8H2,1H3,(H,14,17). The fourth-order valence-electron chi connectivity index (χ4n) is 1.92. The van der Waals surface area contributed by atoms with Crippen LogP contribution in [0.1, 0.15) is 54.8 Å². The molecule has 1 heterocycles.